The van der Waals surface area contributed by atoms with Crippen LogP contribution in [0.2, 0.25) is 0 Å². The van der Waals surface area contributed by atoms with Gasteiger partial charge >= 0.3 is 6.09 Å². The van der Waals surface area contributed by atoms with Gasteiger partial charge in [0.1, 0.15) is 19.8 Å². The molecule has 0 radical (unpaired) electrons. The summed E-state index contributed by atoms with van der Waals surface area (Å²) in [6.07, 6.45) is 8.24. The summed E-state index contributed by atoms with van der Waals surface area (Å²) in [5, 5.41) is 0. The molecule has 0 fully saturated rings. The number of hydrogen-bond donors (Lipinski definition) is 1. The van der Waals surface area contributed by atoms with Crippen molar-refractivity contribution in [3.63, 3.8) is 0 Å². The molecule has 1 N–H and O–H groups in total. The maximum Gasteiger partial charge on any atom is 0.410 e. The van der Waals surface area contributed by atoms with Crippen LogP contribution in [0, 0.1) is 0 Å². The Morgan fingerprint density at radius 2 is 1.25 bits per heavy atom. The van der Waals surface area contributed by atoms with Gasteiger partial charge in [-0.1, -0.05) is 129 Å². The number of fused-ring (bicyclic) bond motifs is 1. The normalized spacial score (nSPS) is 13.8. The highest BCUT2D eigenvalue weighted by molar-refractivity contribution is 7.85. The molecule has 1 atom stereocenters. The molecular formula is C49H58N2O7S. The Morgan fingerprint density at radius 1 is 0.661 bits per heavy atom. The van der Waals surface area contributed by atoms with Crippen molar-refractivity contribution in [2.75, 3.05) is 26.2 Å². The smallest absolute Gasteiger partial charge is 0.410 e. The summed E-state index contributed by atoms with van der Waals surface area (Å²) in [6.45, 7) is 6.53. The fourth-order valence-electron chi connectivity index (χ4n) is 7.76. The topological polar surface area (TPSA) is 106 Å². The SMILES string of the molecule is CCCN(CCCCCCN(CCc1ccc(S(=O)(=O)O)cc1)C(=O)OCc1ccccc1)C1CCc2c(ccc(OCc3ccccc3)c2OCc2ccccc2)C1. The van der Waals surface area contributed by atoms with Gasteiger partial charge in [0.2, 0.25) is 0 Å². The molecule has 0 bridgehead atoms. The number of carbonyl (C=O) groups excluding carboxylic acids is 1. The van der Waals surface area contributed by atoms with Crippen LogP contribution in [0.25, 0.3) is 0 Å². The zero-order valence-electron chi connectivity index (χ0n) is 34.2. The molecule has 1 aliphatic rings. The first kappa shape index (κ1) is 43.4. The van der Waals surface area contributed by atoms with Crippen molar-refractivity contribution in [1.29, 1.82) is 0 Å². The van der Waals surface area contributed by atoms with Gasteiger partial charge < -0.3 is 24.0 Å². The van der Waals surface area contributed by atoms with Crippen molar-refractivity contribution in [3.8, 4) is 11.5 Å². The molecule has 1 unspecified atom stereocenters. The average molecular weight is 819 g/mol. The number of nitrogens with zero attached hydrogens (tertiary/aromatic N) is 2. The van der Waals surface area contributed by atoms with E-state index in [1.165, 1.54) is 23.3 Å². The van der Waals surface area contributed by atoms with E-state index < -0.39 is 10.1 Å². The van der Waals surface area contributed by atoms with Crippen molar-refractivity contribution in [1.82, 2.24) is 9.80 Å². The van der Waals surface area contributed by atoms with Crippen molar-refractivity contribution in [2.45, 2.75) is 95.5 Å². The van der Waals surface area contributed by atoms with Gasteiger partial charge in [0.25, 0.3) is 10.1 Å². The zero-order valence-corrected chi connectivity index (χ0v) is 35.0. The molecule has 0 spiro atoms. The van der Waals surface area contributed by atoms with E-state index in [1.807, 2.05) is 66.7 Å². The first-order chi connectivity index (χ1) is 28.8. The van der Waals surface area contributed by atoms with Crippen LogP contribution in [0.4, 0.5) is 4.79 Å². The van der Waals surface area contributed by atoms with E-state index in [0.29, 0.717) is 38.8 Å². The van der Waals surface area contributed by atoms with Gasteiger partial charge in [-0.2, -0.15) is 8.42 Å². The first-order valence-corrected chi connectivity index (χ1v) is 22.4. The monoisotopic (exact) mass is 818 g/mol. The Labute approximate surface area is 350 Å². The number of amides is 1. The molecule has 1 aliphatic carbocycles. The fraction of sp³-hybridized carbons (Fsp3) is 0.367. The van der Waals surface area contributed by atoms with Crippen molar-refractivity contribution in [2.24, 2.45) is 0 Å². The Balaban J connectivity index is 1.02. The molecule has 9 nitrogen and oxygen atoms in total. The number of rotatable bonds is 22. The molecule has 5 aromatic carbocycles. The summed E-state index contributed by atoms with van der Waals surface area (Å²) in [5.74, 6) is 1.67. The molecule has 10 heteroatoms. The predicted octanol–water partition coefficient (Wildman–Crippen LogP) is 10.1. The standard InChI is InChI=1S/C49H58N2O7S/c1-2-31-50(44-25-28-46-43(35-44)24-29-47(56-36-40-16-8-5-9-17-40)48(46)57-37-41-18-10-6-11-19-41)32-14-3-4-15-33-51(49(52)58-38-42-20-12-7-13-21-42)34-30-39-22-26-45(27-23-39)59(53,54)55/h5-13,16-24,26-27,29,44H,2-4,14-15,25,28,30-38H2,1H3,(H,53,54,55). The second kappa shape index (κ2) is 22.3. The van der Waals surface area contributed by atoms with E-state index in [4.69, 9.17) is 14.2 Å². The van der Waals surface area contributed by atoms with E-state index >= 15 is 0 Å². The number of carbonyl (C=O) groups is 1. The van der Waals surface area contributed by atoms with Gasteiger partial charge in [-0.25, -0.2) is 4.79 Å². The van der Waals surface area contributed by atoms with Gasteiger partial charge in [-0.05, 0) is 104 Å². The van der Waals surface area contributed by atoms with Gasteiger partial charge in [-0.15, -0.1) is 0 Å². The highest BCUT2D eigenvalue weighted by Crippen LogP contribution is 2.40. The highest BCUT2D eigenvalue weighted by atomic mass is 32.2. The van der Waals surface area contributed by atoms with Crippen molar-refractivity contribution < 1.29 is 32.0 Å². The minimum atomic E-state index is -4.26. The number of unbranched alkanes of at least 4 members (excludes halogenated alkanes) is 3. The van der Waals surface area contributed by atoms with E-state index in [2.05, 4.69) is 48.2 Å². The van der Waals surface area contributed by atoms with Crippen LogP contribution in [-0.4, -0.2) is 61.1 Å². The van der Waals surface area contributed by atoms with E-state index in [-0.39, 0.29) is 17.6 Å². The summed E-state index contributed by atoms with van der Waals surface area (Å²) >= 11 is 0. The molecule has 0 heterocycles. The summed E-state index contributed by atoms with van der Waals surface area (Å²) in [4.78, 5) is 17.5. The second-order valence-electron chi connectivity index (χ2n) is 15.3. The third kappa shape index (κ3) is 13.4. The third-order valence-electron chi connectivity index (χ3n) is 11.0. The molecule has 6 rings (SSSR count). The number of ether oxygens (including phenoxy) is 3. The first-order valence-electron chi connectivity index (χ1n) is 21.0. The third-order valence-corrected chi connectivity index (χ3v) is 11.8. The van der Waals surface area contributed by atoms with Gasteiger partial charge in [0, 0.05) is 24.7 Å². The number of benzene rings is 5. The lowest BCUT2D eigenvalue weighted by molar-refractivity contribution is 0.0957. The second-order valence-corrected chi connectivity index (χ2v) is 16.7. The van der Waals surface area contributed by atoms with Crippen molar-refractivity contribution in [3.05, 3.63) is 161 Å². The van der Waals surface area contributed by atoms with E-state index in [1.54, 1.807) is 17.0 Å². The maximum absolute atomic E-state index is 13.3. The minimum absolute atomic E-state index is 0.150. The van der Waals surface area contributed by atoms with Crippen molar-refractivity contribution >= 4 is 16.2 Å². The summed E-state index contributed by atoms with van der Waals surface area (Å²) in [5.41, 5.74) is 6.65. The van der Waals surface area contributed by atoms with Crippen LogP contribution in [0.1, 0.15) is 78.8 Å². The van der Waals surface area contributed by atoms with E-state index in [9.17, 15) is 17.8 Å². The van der Waals surface area contributed by atoms with Gasteiger partial charge in [0.05, 0.1) is 4.90 Å². The van der Waals surface area contributed by atoms with Crippen LogP contribution < -0.4 is 9.47 Å². The lowest BCUT2D eigenvalue weighted by Gasteiger charge is -2.36. The molecule has 0 aromatic heterocycles. The Hall–Kier alpha value is -5.16. The summed E-state index contributed by atoms with van der Waals surface area (Å²) in [7, 11) is -4.26. The predicted molar refractivity (Wildman–Crippen MR) is 232 cm³/mol. The Kier molecular flexibility index (Phi) is 16.4. The molecule has 1 amide bonds. The lowest BCUT2D eigenvalue weighted by atomic mass is 9.86. The Bertz CT molecular complexity index is 2130. The number of hydrogen-bond acceptors (Lipinski definition) is 7. The zero-order chi connectivity index (χ0) is 41.3. The molecule has 59 heavy (non-hydrogen) atoms. The minimum Gasteiger partial charge on any atom is -0.485 e. The maximum atomic E-state index is 13.3. The van der Waals surface area contributed by atoms with Crippen LogP contribution in [0.5, 0.6) is 11.5 Å². The molecule has 0 saturated heterocycles. The van der Waals surface area contributed by atoms with Crippen LogP contribution >= 0.6 is 0 Å². The van der Waals surface area contributed by atoms with Crippen LogP contribution in [0.15, 0.2) is 132 Å². The molecule has 0 aliphatic heterocycles. The lowest BCUT2D eigenvalue weighted by Crippen LogP contribution is -2.40. The van der Waals surface area contributed by atoms with Crippen LogP contribution in [0.3, 0.4) is 0 Å². The van der Waals surface area contributed by atoms with Crippen LogP contribution in [-0.2, 0) is 53.9 Å². The molecule has 5 aromatic rings. The van der Waals surface area contributed by atoms with Gasteiger partial charge in [0.15, 0.2) is 11.5 Å². The summed E-state index contributed by atoms with van der Waals surface area (Å²) < 4.78 is 51.0. The quantitative estimate of drug-likeness (QED) is 0.0544. The molecule has 312 valence electrons. The molecular weight excluding hydrogens is 761 g/mol. The fourth-order valence-corrected chi connectivity index (χ4v) is 8.24. The Morgan fingerprint density at radius 3 is 1.86 bits per heavy atom. The summed E-state index contributed by atoms with van der Waals surface area (Å²) in [6, 6.07) is 41.1. The van der Waals surface area contributed by atoms with E-state index in [0.717, 1.165) is 98.2 Å². The average Bonchev–Trinajstić information content (AvgIpc) is 3.26. The molecule has 0 saturated carbocycles. The highest BCUT2D eigenvalue weighted by Gasteiger charge is 2.28. The largest absolute Gasteiger partial charge is 0.485 e. The van der Waals surface area contributed by atoms with Gasteiger partial charge in [-0.3, -0.25) is 4.55 Å².